The normalized spacial score (nSPS) is 19.6. The Morgan fingerprint density at radius 1 is 1.20 bits per heavy atom. The number of carbonyl (C=O) groups excluding carboxylic acids is 1. The third-order valence-corrected chi connectivity index (χ3v) is 3.90. The van der Waals surface area contributed by atoms with E-state index in [1.165, 1.54) is 0 Å². The smallest absolute Gasteiger partial charge is 0.242 e. The molecule has 1 fully saturated rings. The third kappa shape index (κ3) is 4.19. The van der Waals surface area contributed by atoms with Crippen molar-refractivity contribution in [1.29, 1.82) is 5.26 Å². The van der Waals surface area contributed by atoms with Crippen LogP contribution in [0.25, 0.3) is 0 Å². The number of β-amino-alcohol motifs (C(OH)–C–C–N with tert-alkyl or cyclic N) is 1. The van der Waals surface area contributed by atoms with E-state index in [9.17, 15) is 9.90 Å². The number of piperazine rings is 1. The summed E-state index contributed by atoms with van der Waals surface area (Å²) in [6, 6.07) is 2.06. The van der Waals surface area contributed by atoms with Crippen molar-refractivity contribution in [2.24, 2.45) is 10.8 Å². The van der Waals surface area contributed by atoms with Gasteiger partial charge in [0, 0.05) is 32.7 Å². The summed E-state index contributed by atoms with van der Waals surface area (Å²) < 4.78 is 0. The van der Waals surface area contributed by atoms with Crippen molar-refractivity contribution in [3.05, 3.63) is 0 Å². The average molecular weight is 281 g/mol. The van der Waals surface area contributed by atoms with E-state index in [0.29, 0.717) is 19.6 Å². The van der Waals surface area contributed by atoms with E-state index in [0.717, 1.165) is 13.1 Å². The number of rotatable bonds is 3. The van der Waals surface area contributed by atoms with E-state index in [2.05, 4.69) is 11.0 Å². The Bertz CT molecular complexity index is 385. The molecule has 1 amide bonds. The molecule has 1 heterocycles. The molecule has 1 saturated heterocycles. The molecule has 114 valence electrons. The van der Waals surface area contributed by atoms with Crippen LogP contribution in [0, 0.1) is 22.2 Å². The van der Waals surface area contributed by atoms with Crippen molar-refractivity contribution in [3.8, 4) is 6.07 Å². The highest BCUT2D eigenvalue weighted by atomic mass is 16.3. The molecule has 0 saturated carbocycles. The largest absolute Gasteiger partial charge is 0.391 e. The molecule has 1 rings (SSSR count). The van der Waals surface area contributed by atoms with Gasteiger partial charge in [-0.05, 0) is 19.3 Å². The highest BCUT2D eigenvalue weighted by Gasteiger charge is 2.34. The summed E-state index contributed by atoms with van der Waals surface area (Å²) in [5, 5.41) is 19.1. The molecule has 5 heteroatoms. The van der Waals surface area contributed by atoms with Gasteiger partial charge in [0.15, 0.2) is 0 Å². The van der Waals surface area contributed by atoms with Crippen molar-refractivity contribution in [3.63, 3.8) is 0 Å². The van der Waals surface area contributed by atoms with Gasteiger partial charge in [-0.1, -0.05) is 20.8 Å². The maximum atomic E-state index is 12.2. The SMILES string of the molecule is CC(C)(C#N)C(=O)N1CCN(C[C@H](O)C(C)(C)C)CC1. The molecule has 1 aliphatic heterocycles. The lowest BCUT2D eigenvalue weighted by Crippen LogP contribution is -2.53. The first-order valence-electron chi connectivity index (χ1n) is 7.19. The lowest BCUT2D eigenvalue weighted by Gasteiger charge is -2.39. The zero-order valence-corrected chi connectivity index (χ0v) is 13.3. The van der Waals surface area contributed by atoms with Gasteiger partial charge in [0.2, 0.25) is 5.91 Å². The molecule has 0 spiro atoms. The molecule has 1 aliphatic rings. The predicted octanol–water partition coefficient (Wildman–Crippen LogP) is 1.09. The highest BCUT2D eigenvalue weighted by molar-refractivity contribution is 5.84. The molecule has 5 nitrogen and oxygen atoms in total. The Morgan fingerprint density at radius 3 is 2.10 bits per heavy atom. The van der Waals surface area contributed by atoms with Crippen molar-refractivity contribution in [2.45, 2.75) is 40.7 Å². The van der Waals surface area contributed by atoms with E-state index >= 15 is 0 Å². The fourth-order valence-corrected chi connectivity index (χ4v) is 2.10. The first-order valence-corrected chi connectivity index (χ1v) is 7.19. The molecule has 0 unspecified atom stereocenters. The number of hydrogen-bond acceptors (Lipinski definition) is 4. The summed E-state index contributed by atoms with van der Waals surface area (Å²) in [6.45, 7) is 12.8. The topological polar surface area (TPSA) is 67.6 Å². The summed E-state index contributed by atoms with van der Waals surface area (Å²) in [5.41, 5.74) is -1.08. The van der Waals surface area contributed by atoms with Gasteiger partial charge in [0.25, 0.3) is 0 Å². The van der Waals surface area contributed by atoms with E-state index in [1.54, 1.807) is 18.7 Å². The van der Waals surface area contributed by atoms with Crippen molar-refractivity contribution < 1.29 is 9.90 Å². The highest BCUT2D eigenvalue weighted by Crippen LogP contribution is 2.22. The summed E-state index contributed by atoms with van der Waals surface area (Å²) in [5.74, 6) is -0.101. The predicted molar refractivity (Wildman–Crippen MR) is 77.9 cm³/mol. The van der Waals surface area contributed by atoms with Gasteiger partial charge in [-0.2, -0.15) is 5.26 Å². The minimum absolute atomic E-state index is 0.101. The van der Waals surface area contributed by atoms with Gasteiger partial charge in [-0.15, -0.1) is 0 Å². The number of amides is 1. The van der Waals surface area contributed by atoms with Crippen LogP contribution in [0.5, 0.6) is 0 Å². The van der Waals surface area contributed by atoms with Crippen LogP contribution in [0.4, 0.5) is 0 Å². The quantitative estimate of drug-likeness (QED) is 0.841. The second-order valence-electron chi connectivity index (χ2n) is 7.21. The van der Waals surface area contributed by atoms with E-state index < -0.39 is 5.41 Å². The molecule has 1 atom stereocenters. The first-order chi connectivity index (χ1) is 9.08. The summed E-state index contributed by atoms with van der Waals surface area (Å²) >= 11 is 0. The van der Waals surface area contributed by atoms with Crippen LogP contribution in [0.15, 0.2) is 0 Å². The van der Waals surface area contributed by atoms with Crippen LogP contribution < -0.4 is 0 Å². The van der Waals surface area contributed by atoms with Crippen LogP contribution in [-0.4, -0.2) is 59.6 Å². The molecular formula is C15H27N3O2. The van der Waals surface area contributed by atoms with Gasteiger partial charge in [0.1, 0.15) is 5.41 Å². The Morgan fingerprint density at radius 2 is 1.70 bits per heavy atom. The molecule has 0 aromatic heterocycles. The third-order valence-electron chi connectivity index (χ3n) is 3.90. The van der Waals surface area contributed by atoms with Crippen LogP contribution in [0.1, 0.15) is 34.6 Å². The summed E-state index contributed by atoms with van der Waals surface area (Å²) in [6.07, 6.45) is -0.375. The second-order valence-corrected chi connectivity index (χ2v) is 7.21. The van der Waals surface area contributed by atoms with E-state index in [-0.39, 0.29) is 17.4 Å². The fourth-order valence-electron chi connectivity index (χ4n) is 2.10. The minimum Gasteiger partial charge on any atom is -0.391 e. The number of aliphatic hydroxyl groups is 1. The van der Waals surface area contributed by atoms with Crippen molar-refractivity contribution >= 4 is 5.91 Å². The number of nitriles is 1. The molecule has 1 N–H and O–H groups in total. The monoisotopic (exact) mass is 281 g/mol. The molecule has 0 aromatic carbocycles. The van der Waals surface area contributed by atoms with Crippen LogP contribution in [0.3, 0.4) is 0 Å². The lowest BCUT2D eigenvalue weighted by atomic mass is 9.88. The maximum absolute atomic E-state index is 12.2. The Balaban J connectivity index is 2.49. The molecule has 0 radical (unpaired) electrons. The first kappa shape index (κ1) is 16.9. The van der Waals surface area contributed by atoms with Crippen molar-refractivity contribution in [2.75, 3.05) is 32.7 Å². The second kappa shape index (κ2) is 6.11. The van der Waals surface area contributed by atoms with Gasteiger partial charge in [-0.3, -0.25) is 9.69 Å². The minimum atomic E-state index is -0.951. The number of carbonyl (C=O) groups is 1. The Labute approximate surface area is 122 Å². The summed E-state index contributed by atoms with van der Waals surface area (Å²) in [4.78, 5) is 16.1. The summed E-state index contributed by atoms with van der Waals surface area (Å²) in [7, 11) is 0. The molecule has 0 aliphatic carbocycles. The standard InChI is InChI=1S/C15H27N3O2/c1-14(2,3)12(19)10-17-6-8-18(9-7-17)13(20)15(4,5)11-16/h12,19H,6-10H2,1-5H3/t12-/m0/s1. The van der Waals surface area contributed by atoms with E-state index in [4.69, 9.17) is 5.26 Å². The van der Waals surface area contributed by atoms with Gasteiger partial charge in [0.05, 0.1) is 12.2 Å². The van der Waals surface area contributed by atoms with Gasteiger partial charge in [-0.25, -0.2) is 0 Å². The number of hydrogen-bond donors (Lipinski definition) is 1. The Hall–Kier alpha value is -1.12. The Kier molecular flexibility index (Phi) is 5.17. The number of nitrogens with zero attached hydrogens (tertiary/aromatic N) is 3. The average Bonchev–Trinajstić information content (AvgIpc) is 2.37. The zero-order valence-electron chi connectivity index (χ0n) is 13.3. The number of aliphatic hydroxyl groups excluding tert-OH is 1. The van der Waals surface area contributed by atoms with Gasteiger partial charge < -0.3 is 10.0 Å². The van der Waals surface area contributed by atoms with Gasteiger partial charge >= 0.3 is 0 Å². The van der Waals surface area contributed by atoms with E-state index in [1.807, 2.05) is 20.8 Å². The lowest BCUT2D eigenvalue weighted by molar-refractivity contribution is -0.139. The molecular weight excluding hydrogens is 254 g/mol. The molecule has 0 bridgehead atoms. The maximum Gasteiger partial charge on any atom is 0.242 e. The van der Waals surface area contributed by atoms with Crippen LogP contribution in [0.2, 0.25) is 0 Å². The molecule has 20 heavy (non-hydrogen) atoms. The fraction of sp³-hybridized carbons (Fsp3) is 0.867. The van der Waals surface area contributed by atoms with Crippen molar-refractivity contribution in [1.82, 2.24) is 9.80 Å². The van der Waals surface area contributed by atoms with Crippen LogP contribution >= 0.6 is 0 Å². The van der Waals surface area contributed by atoms with Crippen LogP contribution in [-0.2, 0) is 4.79 Å². The zero-order chi connectivity index (χ0) is 15.6. The molecule has 0 aromatic rings.